The van der Waals surface area contributed by atoms with E-state index in [1.807, 2.05) is 18.2 Å². The van der Waals surface area contributed by atoms with E-state index in [4.69, 9.17) is 5.73 Å². The first-order valence-electron chi connectivity index (χ1n) is 9.18. The molecule has 3 atom stereocenters. The number of nitrogens with two attached hydrogens (primary N) is 1. The van der Waals surface area contributed by atoms with Crippen LogP contribution in [0.2, 0.25) is 0 Å². The van der Waals surface area contributed by atoms with Crippen LogP contribution in [-0.4, -0.2) is 38.5 Å². The van der Waals surface area contributed by atoms with Gasteiger partial charge >= 0.3 is 0 Å². The quantitative estimate of drug-likeness (QED) is 0.566. The van der Waals surface area contributed by atoms with Gasteiger partial charge in [0.2, 0.25) is 0 Å². The Labute approximate surface area is 152 Å². The van der Waals surface area contributed by atoms with E-state index < -0.39 is 16.1 Å². The summed E-state index contributed by atoms with van der Waals surface area (Å²) in [4.78, 5) is 2.07. The molecule has 1 aromatic carbocycles. The summed E-state index contributed by atoms with van der Waals surface area (Å²) in [5.41, 5.74) is 10.0. The molecule has 2 aliphatic rings. The van der Waals surface area contributed by atoms with Gasteiger partial charge in [0.05, 0.1) is 0 Å². The molecule has 1 fully saturated rings. The van der Waals surface area contributed by atoms with E-state index >= 15 is 0 Å². The molecule has 3 N–H and O–H groups in total. The number of hydrogen-bond donors (Lipinski definition) is 3. The van der Waals surface area contributed by atoms with Gasteiger partial charge in [-0.3, -0.25) is 4.90 Å². The lowest BCUT2D eigenvalue weighted by Gasteiger charge is -2.39. The summed E-state index contributed by atoms with van der Waals surface area (Å²) in [6, 6.07) is 6.28. The van der Waals surface area contributed by atoms with E-state index in [0.29, 0.717) is 0 Å². The van der Waals surface area contributed by atoms with Gasteiger partial charge in [-0.05, 0) is 62.8 Å². The highest BCUT2D eigenvalue weighted by Gasteiger charge is 2.30. The van der Waals surface area contributed by atoms with Gasteiger partial charge in [0.1, 0.15) is 5.37 Å². The van der Waals surface area contributed by atoms with Crippen LogP contribution in [0, 0.1) is 0 Å². The number of nitrogen functional groups attached to an aromatic ring is 1. The number of allylic oxidation sites excluding steroid dienone is 2. The van der Waals surface area contributed by atoms with Crippen LogP contribution in [0.25, 0.3) is 5.57 Å². The highest BCUT2D eigenvalue weighted by atomic mass is 32.2. The van der Waals surface area contributed by atoms with Gasteiger partial charge in [-0.25, -0.2) is 8.42 Å². The van der Waals surface area contributed by atoms with Crippen molar-refractivity contribution >= 4 is 22.0 Å². The predicted molar refractivity (Wildman–Crippen MR) is 104 cm³/mol. The van der Waals surface area contributed by atoms with E-state index in [9.17, 15) is 8.42 Å². The van der Waals surface area contributed by atoms with Crippen molar-refractivity contribution in [3.05, 3.63) is 35.4 Å². The van der Waals surface area contributed by atoms with Crippen LogP contribution in [0.3, 0.4) is 0 Å². The lowest BCUT2D eigenvalue weighted by Crippen LogP contribution is -2.55. The largest absolute Gasteiger partial charge is 0.398 e. The number of anilines is 1. The zero-order valence-electron chi connectivity index (χ0n) is 15.1. The number of thiol groups is 1. The predicted octanol–water partition coefficient (Wildman–Crippen LogP) is 2.52. The molecule has 1 aliphatic carbocycles. The molecule has 5 nitrogen and oxygen atoms in total. The molecule has 1 heterocycles. The van der Waals surface area contributed by atoms with E-state index in [-0.39, 0.29) is 12.1 Å². The van der Waals surface area contributed by atoms with Crippen molar-refractivity contribution in [1.82, 2.24) is 10.2 Å². The van der Waals surface area contributed by atoms with Gasteiger partial charge in [-0.15, -0.1) is 0 Å². The van der Waals surface area contributed by atoms with Crippen molar-refractivity contribution in [1.29, 1.82) is 0 Å². The number of benzene rings is 1. The molecule has 3 unspecified atom stereocenters. The Balaban J connectivity index is 1.95. The summed E-state index contributed by atoms with van der Waals surface area (Å²) >= 11 is 0. The fourth-order valence-corrected chi connectivity index (χ4v) is 4.99. The first kappa shape index (κ1) is 18.4. The fourth-order valence-electron chi connectivity index (χ4n) is 4.13. The van der Waals surface area contributed by atoms with E-state index in [1.165, 1.54) is 18.4 Å². The third-order valence-corrected chi connectivity index (χ3v) is 6.17. The average Bonchev–Trinajstić information content (AvgIpc) is 2.56. The molecule has 0 radical (unpaired) electrons. The minimum atomic E-state index is -2.60. The van der Waals surface area contributed by atoms with Gasteiger partial charge in [-0.1, -0.05) is 12.1 Å². The van der Waals surface area contributed by atoms with Crippen molar-refractivity contribution < 1.29 is 8.42 Å². The van der Waals surface area contributed by atoms with Gasteiger partial charge in [0, 0.05) is 36.4 Å². The number of hydrogen-bond acceptors (Lipinski definition) is 5. The zero-order chi connectivity index (χ0) is 18.0. The van der Waals surface area contributed by atoms with Crippen LogP contribution in [0.5, 0.6) is 0 Å². The topological polar surface area (TPSA) is 75.4 Å². The fraction of sp³-hybridized carbons (Fsp3) is 0.579. The Bertz CT molecular complexity index is 711. The van der Waals surface area contributed by atoms with Gasteiger partial charge in [-0.2, -0.15) is 0 Å². The Hall–Kier alpha value is -1.37. The molecule has 0 amide bonds. The van der Waals surface area contributed by atoms with Crippen molar-refractivity contribution in [2.75, 3.05) is 18.8 Å². The van der Waals surface area contributed by atoms with Crippen molar-refractivity contribution in [3.63, 3.8) is 0 Å². The van der Waals surface area contributed by atoms with E-state index in [0.717, 1.165) is 42.7 Å². The standard InChI is InChI=1S/C19H29N3O2S/c1-13-11-22(12-14(2)21-13)19(25(23)24)16-8-9-18(20)17(10-16)15-6-4-3-5-7-15/h6,8-10,13-14,19,21,25H,3-5,7,11-12,20H2,1-2H3. The molecule has 3 rings (SSSR count). The third-order valence-electron chi connectivity index (χ3n) is 5.14. The van der Waals surface area contributed by atoms with Crippen LogP contribution < -0.4 is 11.1 Å². The molecule has 25 heavy (non-hydrogen) atoms. The first-order chi connectivity index (χ1) is 12.0. The second-order valence-electron chi connectivity index (χ2n) is 7.40. The second kappa shape index (κ2) is 7.89. The van der Waals surface area contributed by atoms with Crippen LogP contribution in [0.15, 0.2) is 24.3 Å². The number of nitrogens with zero attached hydrogens (tertiary/aromatic N) is 1. The summed E-state index contributed by atoms with van der Waals surface area (Å²) in [7, 11) is -2.60. The highest BCUT2D eigenvalue weighted by Crippen LogP contribution is 2.34. The Morgan fingerprint density at radius 2 is 1.92 bits per heavy atom. The summed E-state index contributed by atoms with van der Waals surface area (Å²) < 4.78 is 24.2. The molecular formula is C19H29N3O2S. The van der Waals surface area contributed by atoms with Gasteiger partial charge in [0.15, 0.2) is 10.7 Å². The van der Waals surface area contributed by atoms with Crippen molar-refractivity contribution in [3.8, 4) is 0 Å². The van der Waals surface area contributed by atoms with Crippen LogP contribution in [-0.2, 0) is 10.7 Å². The Morgan fingerprint density at radius 3 is 2.52 bits per heavy atom. The molecule has 0 saturated carbocycles. The summed E-state index contributed by atoms with van der Waals surface area (Å²) in [5.74, 6) is 0. The minimum Gasteiger partial charge on any atom is -0.398 e. The second-order valence-corrected chi connectivity index (χ2v) is 8.46. The molecular weight excluding hydrogens is 334 g/mol. The Kier molecular flexibility index (Phi) is 5.81. The summed E-state index contributed by atoms with van der Waals surface area (Å²) in [6.07, 6.45) is 6.73. The minimum absolute atomic E-state index is 0.274. The number of piperazine rings is 1. The molecule has 138 valence electrons. The molecule has 1 saturated heterocycles. The highest BCUT2D eigenvalue weighted by molar-refractivity contribution is 7.72. The SMILES string of the molecule is CC1CN(C(c2ccc(N)c(C3=CCCCC3)c2)[SH](=O)=O)CC(C)N1. The smallest absolute Gasteiger partial charge is 0.160 e. The number of nitrogens with one attached hydrogen (secondary N) is 1. The molecule has 0 aromatic heterocycles. The maximum absolute atomic E-state index is 12.1. The maximum Gasteiger partial charge on any atom is 0.160 e. The van der Waals surface area contributed by atoms with Gasteiger partial charge in [0.25, 0.3) is 0 Å². The third kappa shape index (κ3) is 4.25. The summed E-state index contributed by atoms with van der Waals surface area (Å²) in [5, 5.41) is 2.87. The molecule has 0 spiro atoms. The average molecular weight is 364 g/mol. The normalized spacial score (nSPS) is 26.4. The van der Waals surface area contributed by atoms with Crippen LogP contribution >= 0.6 is 0 Å². The van der Waals surface area contributed by atoms with Crippen LogP contribution in [0.1, 0.15) is 56.0 Å². The lowest BCUT2D eigenvalue weighted by molar-refractivity contribution is 0.159. The van der Waals surface area contributed by atoms with Crippen molar-refractivity contribution in [2.24, 2.45) is 0 Å². The Morgan fingerprint density at radius 1 is 1.20 bits per heavy atom. The molecule has 1 aromatic rings. The number of rotatable bonds is 4. The monoisotopic (exact) mass is 363 g/mol. The van der Waals surface area contributed by atoms with E-state index in [2.05, 4.69) is 30.1 Å². The first-order valence-corrected chi connectivity index (χ1v) is 10.4. The zero-order valence-corrected chi connectivity index (χ0v) is 16.0. The van der Waals surface area contributed by atoms with E-state index in [1.54, 1.807) is 0 Å². The van der Waals surface area contributed by atoms with Crippen LogP contribution in [0.4, 0.5) is 5.69 Å². The van der Waals surface area contributed by atoms with Crippen molar-refractivity contribution in [2.45, 2.75) is 57.0 Å². The molecule has 0 bridgehead atoms. The van der Waals surface area contributed by atoms with Gasteiger partial charge < -0.3 is 11.1 Å². The molecule has 1 aliphatic heterocycles. The summed E-state index contributed by atoms with van der Waals surface area (Å²) in [6.45, 7) is 5.64. The lowest BCUT2D eigenvalue weighted by atomic mass is 9.91. The molecule has 6 heteroatoms. The maximum atomic E-state index is 12.1.